The third-order valence-corrected chi connectivity index (χ3v) is 17.7. The minimum atomic E-state index is -4.96. The summed E-state index contributed by atoms with van der Waals surface area (Å²) in [6.45, 7) is 9.88. The lowest BCUT2D eigenvalue weighted by molar-refractivity contribution is -0.402. The molecule has 0 spiro atoms. The van der Waals surface area contributed by atoms with Crippen LogP contribution in [0.5, 0.6) is 17.2 Å². The summed E-state index contributed by atoms with van der Waals surface area (Å²) in [6, 6.07) is 21.2. The second-order valence-corrected chi connectivity index (χ2v) is 24.2. The Morgan fingerprint density at radius 2 is 0.712 bits per heavy atom. The Morgan fingerprint density at radius 1 is 0.413 bits per heavy atom. The van der Waals surface area contributed by atoms with Crippen molar-refractivity contribution < 1.29 is 154 Å². The molecule has 3 aromatic heterocycles. The average molecular weight is 1450 g/mol. The van der Waals surface area contributed by atoms with E-state index < -0.39 is 196 Å². The van der Waals surface area contributed by atoms with Crippen LogP contribution in [0, 0.1) is 0 Å². The fourth-order valence-electron chi connectivity index (χ4n) is 12.6. The molecule has 0 radical (unpaired) electrons. The van der Waals surface area contributed by atoms with Crippen LogP contribution in [0.3, 0.4) is 0 Å². The zero-order valence-electron chi connectivity index (χ0n) is 52.9. The number of carboxylic acid groups (broad SMARTS) is 1. The van der Waals surface area contributed by atoms with E-state index >= 15 is 31.9 Å². The Labute approximate surface area is 579 Å². The predicted octanol–water partition coefficient (Wildman–Crippen LogP) is 3.31. The Bertz CT molecular complexity index is 4800. The molecule has 0 aliphatic carbocycles. The molecular weight excluding hydrogens is 1390 g/mol. The van der Waals surface area contributed by atoms with E-state index in [-0.39, 0.29) is 50.5 Å². The maximum Gasteiger partial charge on any atom is 0.360 e. The van der Waals surface area contributed by atoms with Gasteiger partial charge in [0.15, 0.2) is 84.8 Å². The molecule has 104 heavy (non-hydrogen) atoms. The molecule has 13 rings (SSSR count). The lowest BCUT2D eigenvalue weighted by atomic mass is 9.86. The van der Waals surface area contributed by atoms with Gasteiger partial charge in [0, 0.05) is 16.7 Å². The Hall–Kier alpha value is -10.6. The summed E-state index contributed by atoms with van der Waals surface area (Å²) >= 11 is 0. The molecule has 4 aliphatic heterocycles. The maximum atomic E-state index is 17.8. The van der Waals surface area contributed by atoms with Crippen molar-refractivity contribution >= 4 is 74.7 Å². The van der Waals surface area contributed by atoms with Gasteiger partial charge in [0.2, 0.25) is 12.2 Å². The van der Waals surface area contributed by atoms with Crippen LogP contribution in [0.1, 0.15) is 33.4 Å². The lowest BCUT2D eigenvalue weighted by Gasteiger charge is -2.49. The van der Waals surface area contributed by atoms with Gasteiger partial charge in [-0.2, -0.15) is 4.39 Å². The van der Waals surface area contributed by atoms with Gasteiger partial charge in [0.05, 0.1) is 16.7 Å². The van der Waals surface area contributed by atoms with Crippen molar-refractivity contribution in [3.05, 3.63) is 200 Å². The van der Waals surface area contributed by atoms with Gasteiger partial charge in [0.1, 0.15) is 87.9 Å². The molecule has 0 bridgehead atoms. The molecule has 544 valence electrons. The third kappa shape index (κ3) is 12.5. The molecule has 4 unspecified atom stereocenters. The summed E-state index contributed by atoms with van der Waals surface area (Å²) in [7, 11) is 0. The van der Waals surface area contributed by atoms with E-state index in [1.165, 1.54) is 91.0 Å². The van der Waals surface area contributed by atoms with E-state index in [0.29, 0.717) is 0 Å². The summed E-state index contributed by atoms with van der Waals surface area (Å²) < 4.78 is 139. The van der Waals surface area contributed by atoms with Crippen LogP contribution in [-0.4, -0.2) is 199 Å². The Kier molecular flexibility index (Phi) is 19.0. The smallest absolute Gasteiger partial charge is 0.360 e. The molecule has 4 saturated heterocycles. The highest BCUT2D eigenvalue weighted by atomic mass is 19.2. The lowest BCUT2D eigenvalue weighted by Crippen LogP contribution is -2.71. The Morgan fingerprint density at radius 3 is 1.01 bits per heavy atom. The van der Waals surface area contributed by atoms with Gasteiger partial charge in [-0.1, -0.05) is 74.3 Å². The van der Waals surface area contributed by atoms with Crippen molar-refractivity contribution in [3.63, 3.8) is 0 Å². The van der Waals surface area contributed by atoms with E-state index in [9.17, 15) is 61.0 Å². The normalized spacial score (nSPS) is 32.1. The van der Waals surface area contributed by atoms with Gasteiger partial charge in [-0.3, -0.25) is 0 Å². The zero-order valence-corrected chi connectivity index (χ0v) is 52.9. The first-order valence-corrected chi connectivity index (χ1v) is 31.0. The number of benzene rings is 6. The monoisotopic (exact) mass is 1450 g/mol. The highest BCUT2D eigenvalue weighted by Gasteiger charge is 2.68. The number of ether oxygens (including phenoxy) is 10. The third-order valence-electron chi connectivity index (χ3n) is 17.7. The van der Waals surface area contributed by atoms with Crippen LogP contribution < -0.4 is 14.2 Å². The minimum Gasteiger partial charge on any atom is -0.479 e. The molecule has 9 aromatic rings. The molecule has 31 nitrogen and oxygen atoms in total. The van der Waals surface area contributed by atoms with E-state index in [0.717, 1.165) is 55.6 Å². The number of nitrogens with zero attached hydrogens (tertiary/aromatic N) is 3. The summed E-state index contributed by atoms with van der Waals surface area (Å²) in [4.78, 5) is 71.8. The number of fused-ring (bicyclic) bond motifs is 3. The van der Waals surface area contributed by atoms with Crippen LogP contribution in [0.4, 0.5) is 17.6 Å². The number of carbonyl (C=O) groups excluding carboxylic acids is 3. The molecule has 4 fully saturated rings. The van der Waals surface area contributed by atoms with Gasteiger partial charge in [-0.15, -0.1) is 0 Å². The molecule has 4 aliphatic rings. The molecule has 7 heterocycles. The number of halogens is 4. The number of aliphatic hydroxyl groups excluding tert-OH is 9. The van der Waals surface area contributed by atoms with Crippen LogP contribution >= 0.6 is 0 Å². The van der Waals surface area contributed by atoms with Gasteiger partial charge < -0.3 is 117 Å². The number of oxazole rings is 3. The fourth-order valence-corrected chi connectivity index (χ4v) is 12.6. The number of hydrogen-bond acceptors (Lipinski definition) is 30. The number of carbonyl (C=O) groups is 4. The zero-order chi connectivity index (χ0) is 74.2. The molecular formula is C69H57F4N3O28. The number of hydrogen-bond donors (Lipinski definition) is 11. The second-order valence-electron chi connectivity index (χ2n) is 24.2. The SMILES string of the molecule is C=C(F)c1cc(C2(Oc3ccccc3)O[C@H](C(=O)O[C@H]3[C@H](OC(=O)[C@H]4OC(Oc5ccccc5)(c5cc(C(=C)F)c6ocnc6c5)[C@H](O)[C@@H](O)[C@@H]4O)[C@@H](OC(=O)[C@H]4OC(Oc5ccccc5)(c5cc(C(=C)F)c6ocnc6c5)[C@H](O)[C@@H](O)[C@@H]4O)C(O)(F)O[C@@H]3C(=O)O)[C@@H](O)[C@H](O)[C@H]2O)cc2ncoc12. The average Bonchev–Trinajstić information content (AvgIpc) is 1.06. The number of para-hydroxylation sites is 3. The van der Waals surface area contributed by atoms with Gasteiger partial charge in [0.25, 0.3) is 17.4 Å². The molecule has 6 aromatic carbocycles. The number of carboxylic acids is 1. The van der Waals surface area contributed by atoms with E-state index in [2.05, 4.69) is 34.7 Å². The summed E-state index contributed by atoms with van der Waals surface area (Å²) in [5, 5.41) is 130. The number of alkyl halides is 1. The first-order valence-electron chi connectivity index (χ1n) is 31.0. The number of aliphatic carboxylic acids is 1. The number of rotatable bonds is 19. The van der Waals surface area contributed by atoms with E-state index in [4.69, 9.17) is 60.6 Å². The van der Waals surface area contributed by atoms with Crippen molar-refractivity contribution in [2.24, 2.45) is 0 Å². The number of esters is 3. The van der Waals surface area contributed by atoms with Crippen LogP contribution in [0.15, 0.2) is 180 Å². The quantitative estimate of drug-likeness (QED) is 0.0314. The van der Waals surface area contributed by atoms with Crippen molar-refractivity contribution in [1.29, 1.82) is 0 Å². The second kappa shape index (κ2) is 27.5. The van der Waals surface area contributed by atoms with E-state index in [1.807, 2.05) is 0 Å². The highest BCUT2D eigenvalue weighted by molar-refractivity contribution is 5.89. The number of aromatic nitrogens is 3. The molecule has 20 atom stereocenters. The van der Waals surface area contributed by atoms with Crippen LogP contribution in [0.2, 0.25) is 0 Å². The fraction of sp³-hybridized carbons (Fsp3) is 0.290. The number of aliphatic hydroxyl groups is 10. The summed E-state index contributed by atoms with van der Waals surface area (Å²) in [6.07, 6.45) is -44.0. The van der Waals surface area contributed by atoms with Crippen molar-refractivity contribution in [2.75, 3.05) is 0 Å². The predicted molar refractivity (Wildman–Crippen MR) is 336 cm³/mol. The van der Waals surface area contributed by atoms with Crippen molar-refractivity contribution in [3.8, 4) is 17.2 Å². The van der Waals surface area contributed by atoms with Crippen molar-refractivity contribution in [1.82, 2.24) is 15.0 Å². The standard InChI is InChI=1S/C69H57F4N3O28/c1-28(70)37-19-31(22-40-49(37)92-25-74-40)66(98-34-13-7-4-8-14-34)58(83)46(80)43(77)52(101-66)63(88)95-55-56(96-64(89)53-44(78)47(81)59(84)67(102-53,99-35-15-9-5-10-16-35)32-20-38(29(2)71)50-41(23-32)75-26-93-50)61(69(73,91)104-57(55)62(86)87)97-65(90)54-45(79)48(82)60(85)68(103-54,100-36-17-11-6-12-18-36)33-21-39(30(3)72)51-42(24-33)76-27-94-51/h4-27,43-48,52-61,77-85,91H,1-3H2,(H,86,87)/t43-,44-,45-,46-,47-,48-,52-,53-,54-,55-,56-,57-,58+,59+,60+,61+,66?,67?,68?,69?/m0/s1. The van der Waals surface area contributed by atoms with Gasteiger partial charge in [-0.25, -0.2) is 47.3 Å². The molecule has 11 N–H and O–H groups in total. The first kappa shape index (κ1) is 71.8. The topological polar surface area (TPSA) is 461 Å². The van der Waals surface area contributed by atoms with Crippen LogP contribution in [0.25, 0.3) is 50.8 Å². The first-order chi connectivity index (χ1) is 49.5. The van der Waals surface area contributed by atoms with E-state index in [1.54, 1.807) is 0 Å². The summed E-state index contributed by atoms with van der Waals surface area (Å²) in [5.74, 6) is -22.9. The van der Waals surface area contributed by atoms with Crippen molar-refractivity contribution in [2.45, 2.75) is 121 Å². The molecule has 35 heteroatoms. The Balaban J connectivity index is 0.940. The molecule has 0 amide bonds. The molecule has 0 saturated carbocycles. The summed E-state index contributed by atoms with van der Waals surface area (Å²) in [5.41, 5.74) is -4.57. The van der Waals surface area contributed by atoms with Crippen LogP contribution in [-0.2, 0) is 69.7 Å². The van der Waals surface area contributed by atoms with Gasteiger partial charge in [-0.05, 0) is 72.8 Å². The minimum absolute atomic E-state index is 0.212. The highest BCUT2D eigenvalue weighted by Crippen LogP contribution is 2.49. The largest absolute Gasteiger partial charge is 0.479 e. The maximum absolute atomic E-state index is 17.8. The van der Waals surface area contributed by atoms with Gasteiger partial charge >= 0.3 is 29.9 Å².